The molecule has 1 aliphatic rings. The molecule has 9 heteroatoms. The Bertz CT molecular complexity index is 707. The van der Waals surface area contributed by atoms with Crippen molar-refractivity contribution in [3.63, 3.8) is 0 Å². The van der Waals surface area contributed by atoms with Gasteiger partial charge in [-0.2, -0.15) is 0 Å². The number of imide groups is 1. The SMILES string of the molecule is CC(OC(=O)C(C)Oc1ccc(Cl)cc1Cl)C(=O)NC(=O)NC1CCCC1. The Morgan fingerprint density at radius 1 is 1.11 bits per heavy atom. The van der Waals surface area contributed by atoms with Gasteiger partial charge in [-0.15, -0.1) is 0 Å². The van der Waals surface area contributed by atoms with Crippen LogP contribution in [0.2, 0.25) is 10.0 Å². The molecule has 0 bridgehead atoms. The fraction of sp³-hybridized carbons (Fsp3) is 0.500. The first kappa shape index (κ1) is 21.3. The lowest BCUT2D eigenvalue weighted by molar-refractivity contribution is -0.160. The van der Waals surface area contributed by atoms with Gasteiger partial charge in [-0.1, -0.05) is 36.0 Å². The molecule has 0 aromatic heterocycles. The summed E-state index contributed by atoms with van der Waals surface area (Å²) < 4.78 is 10.5. The number of hydrogen-bond donors (Lipinski definition) is 2. The third kappa shape index (κ3) is 6.59. The fourth-order valence-electron chi connectivity index (χ4n) is 2.64. The van der Waals surface area contributed by atoms with E-state index in [1.165, 1.54) is 26.0 Å². The van der Waals surface area contributed by atoms with E-state index in [1.807, 2.05) is 0 Å². The van der Waals surface area contributed by atoms with Crippen LogP contribution in [0.4, 0.5) is 4.79 Å². The number of benzene rings is 1. The van der Waals surface area contributed by atoms with Crippen LogP contribution < -0.4 is 15.4 Å². The second-order valence-electron chi connectivity index (χ2n) is 6.36. The number of nitrogens with one attached hydrogen (secondary N) is 2. The molecule has 0 radical (unpaired) electrons. The van der Waals surface area contributed by atoms with Gasteiger partial charge in [0.05, 0.1) is 5.02 Å². The smallest absolute Gasteiger partial charge is 0.347 e. The van der Waals surface area contributed by atoms with E-state index in [1.54, 1.807) is 6.07 Å². The summed E-state index contributed by atoms with van der Waals surface area (Å²) >= 11 is 11.8. The van der Waals surface area contributed by atoms with Crippen LogP contribution in [0.5, 0.6) is 5.75 Å². The summed E-state index contributed by atoms with van der Waals surface area (Å²) in [5.74, 6) is -1.21. The minimum Gasteiger partial charge on any atom is -0.477 e. The van der Waals surface area contributed by atoms with Gasteiger partial charge in [0.25, 0.3) is 5.91 Å². The van der Waals surface area contributed by atoms with Gasteiger partial charge in [-0.05, 0) is 44.9 Å². The number of hydrogen-bond acceptors (Lipinski definition) is 5. The largest absolute Gasteiger partial charge is 0.477 e. The number of amides is 3. The Balaban J connectivity index is 1.80. The van der Waals surface area contributed by atoms with Crippen molar-refractivity contribution in [2.75, 3.05) is 0 Å². The molecule has 0 heterocycles. The summed E-state index contributed by atoms with van der Waals surface area (Å²) in [4.78, 5) is 35.9. The van der Waals surface area contributed by atoms with Crippen molar-refractivity contribution in [3.8, 4) is 5.75 Å². The molecule has 0 aliphatic heterocycles. The van der Waals surface area contributed by atoms with Gasteiger partial charge < -0.3 is 14.8 Å². The summed E-state index contributed by atoms with van der Waals surface area (Å²) in [5, 5.41) is 5.58. The molecule has 1 saturated carbocycles. The van der Waals surface area contributed by atoms with Crippen molar-refractivity contribution in [3.05, 3.63) is 28.2 Å². The first-order valence-corrected chi connectivity index (χ1v) is 9.45. The summed E-state index contributed by atoms with van der Waals surface area (Å²) in [6.07, 6.45) is 1.75. The number of carbonyl (C=O) groups excluding carboxylic acids is 3. The predicted molar refractivity (Wildman–Crippen MR) is 101 cm³/mol. The molecular formula is C18H22Cl2N2O5. The second kappa shape index (κ2) is 9.80. The standard InChI is InChI=1S/C18H22Cl2N2O5/c1-10(16(23)22-18(25)21-13-5-3-4-6-13)27-17(24)11(2)26-15-8-7-12(19)9-14(15)20/h7-11,13H,3-6H2,1-2H3,(H2,21,22,23,25). The minimum absolute atomic E-state index is 0.0770. The maximum Gasteiger partial charge on any atom is 0.347 e. The molecule has 1 aliphatic carbocycles. The molecular weight excluding hydrogens is 395 g/mol. The van der Waals surface area contributed by atoms with E-state index in [2.05, 4.69) is 10.6 Å². The van der Waals surface area contributed by atoms with E-state index in [0.717, 1.165) is 25.7 Å². The maximum absolute atomic E-state index is 12.1. The summed E-state index contributed by atoms with van der Waals surface area (Å²) in [5.41, 5.74) is 0. The van der Waals surface area contributed by atoms with Crippen molar-refractivity contribution in [1.82, 2.24) is 10.6 Å². The molecule has 0 saturated heterocycles. The molecule has 3 amide bonds. The van der Waals surface area contributed by atoms with Crippen LogP contribution >= 0.6 is 23.2 Å². The minimum atomic E-state index is -1.15. The molecule has 0 spiro atoms. The fourth-order valence-corrected chi connectivity index (χ4v) is 3.09. The Labute approximate surface area is 167 Å². The van der Waals surface area contributed by atoms with Crippen LogP contribution in [0, 0.1) is 0 Å². The van der Waals surface area contributed by atoms with Crippen LogP contribution in [-0.4, -0.2) is 36.2 Å². The van der Waals surface area contributed by atoms with Gasteiger partial charge in [0.1, 0.15) is 5.75 Å². The third-order valence-electron chi connectivity index (χ3n) is 4.12. The number of rotatable bonds is 6. The van der Waals surface area contributed by atoms with Crippen LogP contribution in [0.1, 0.15) is 39.5 Å². The number of halogens is 2. The van der Waals surface area contributed by atoms with Gasteiger partial charge >= 0.3 is 12.0 Å². The lowest BCUT2D eigenvalue weighted by Crippen LogP contribution is -2.47. The molecule has 1 aromatic carbocycles. The Kier molecular flexibility index (Phi) is 7.74. The van der Waals surface area contributed by atoms with Crippen LogP contribution in [0.25, 0.3) is 0 Å². The quantitative estimate of drug-likeness (QED) is 0.692. The average molecular weight is 417 g/mol. The Morgan fingerprint density at radius 3 is 2.41 bits per heavy atom. The van der Waals surface area contributed by atoms with E-state index in [4.69, 9.17) is 32.7 Å². The lowest BCUT2D eigenvalue weighted by Gasteiger charge is -2.18. The Morgan fingerprint density at radius 2 is 1.78 bits per heavy atom. The summed E-state index contributed by atoms with van der Waals surface area (Å²) in [6.45, 7) is 2.84. The first-order chi connectivity index (χ1) is 12.8. The summed E-state index contributed by atoms with van der Waals surface area (Å²) in [6, 6.07) is 4.06. The summed E-state index contributed by atoms with van der Waals surface area (Å²) in [7, 11) is 0. The number of carbonyl (C=O) groups is 3. The van der Waals surface area contributed by atoms with Gasteiger partial charge in [0, 0.05) is 11.1 Å². The van der Waals surface area contributed by atoms with Gasteiger partial charge in [-0.3, -0.25) is 10.1 Å². The van der Waals surface area contributed by atoms with E-state index in [0.29, 0.717) is 5.02 Å². The van der Waals surface area contributed by atoms with E-state index >= 15 is 0 Å². The molecule has 7 nitrogen and oxygen atoms in total. The molecule has 1 aromatic rings. The highest BCUT2D eigenvalue weighted by Crippen LogP contribution is 2.28. The average Bonchev–Trinajstić information content (AvgIpc) is 3.09. The zero-order valence-corrected chi connectivity index (χ0v) is 16.6. The van der Waals surface area contributed by atoms with E-state index in [-0.39, 0.29) is 16.8 Å². The highest BCUT2D eigenvalue weighted by Gasteiger charge is 2.26. The number of esters is 1. The van der Waals surface area contributed by atoms with Crippen molar-refractivity contribution in [2.24, 2.45) is 0 Å². The van der Waals surface area contributed by atoms with Crippen LogP contribution in [0.15, 0.2) is 18.2 Å². The van der Waals surface area contributed by atoms with Crippen LogP contribution in [0.3, 0.4) is 0 Å². The first-order valence-electron chi connectivity index (χ1n) is 8.70. The molecule has 2 rings (SSSR count). The van der Waals surface area contributed by atoms with Crippen molar-refractivity contribution >= 4 is 41.1 Å². The van der Waals surface area contributed by atoms with Crippen molar-refractivity contribution in [2.45, 2.75) is 57.8 Å². The lowest BCUT2D eigenvalue weighted by atomic mass is 10.2. The molecule has 2 atom stereocenters. The van der Waals surface area contributed by atoms with E-state index in [9.17, 15) is 14.4 Å². The zero-order chi connectivity index (χ0) is 20.0. The Hall–Kier alpha value is -1.99. The molecule has 148 valence electrons. The topological polar surface area (TPSA) is 93.7 Å². The van der Waals surface area contributed by atoms with Crippen molar-refractivity contribution < 1.29 is 23.9 Å². The second-order valence-corrected chi connectivity index (χ2v) is 7.20. The van der Waals surface area contributed by atoms with Crippen molar-refractivity contribution in [1.29, 1.82) is 0 Å². The maximum atomic E-state index is 12.1. The highest BCUT2D eigenvalue weighted by atomic mass is 35.5. The third-order valence-corrected chi connectivity index (χ3v) is 4.65. The molecule has 2 unspecified atom stereocenters. The zero-order valence-electron chi connectivity index (χ0n) is 15.1. The highest BCUT2D eigenvalue weighted by molar-refractivity contribution is 6.35. The molecule has 27 heavy (non-hydrogen) atoms. The van der Waals surface area contributed by atoms with Gasteiger partial charge in [-0.25, -0.2) is 9.59 Å². The van der Waals surface area contributed by atoms with Crippen LogP contribution in [-0.2, 0) is 14.3 Å². The van der Waals surface area contributed by atoms with Gasteiger partial charge in [0.15, 0.2) is 12.2 Å². The molecule has 1 fully saturated rings. The predicted octanol–water partition coefficient (Wildman–Crippen LogP) is 3.46. The molecule has 2 N–H and O–H groups in total. The monoisotopic (exact) mass is 416 g/mol. The van der Waals surface area contributed by atoms with E-state index < -0.39 is 30.1 Å². The number of urea groups is 1. The normalized spacial score (nSPS) is 16.3. The van der Waals surface area contributed by atoms with Gasteiger partial charge in [0.2, 0.25) is 0 Å². The number of ether oxygens (including phenoxy) is 2.